The van der Waals surface area contributed by atoms with Gasteiger partial charge in [0.1, 0.15) is 5.82 Å². The average molecular weight is 242 g/mol. The summed E-state index contributed by atoms with van der Waals surface area (Å²) < 4.78 is 7.31. The molecule has 1 atom stereocenters. The Labute approximate surface area is 99.7 Å². The van der Waals surface area contributed by atoms with Gasteiger partial charge in [-0.3, -0.25) is 0 Å². The molecule has 1 heterocycles. The summed E-state index contributed by atoms with van der Waals surface area (Å²) in [6, 6.07) is 0.575. The summed E-state index contributed by atoms with van der Waals surface area (Å²) >= 11 is 1.71. The zero-order valence-corrected chi connectivity index (χ0v) is 10.5. The van der Waals surface area contributed by atoms with Crippen LogP contribution in [0.25, 0.3) is 0 Å². The Hall–Kier alpha value is -0.590. The maximum absolute atomic E-state index is 5.66. The molecule has 1 saturated carbocycles. The van der Waals surface area contributed by atoms with Gasteiger partial charge in [-0.25, -0.2) is 0 Å². The minimum absolute atomic E-state index is 0.386. The summed E-state index contributed by atoms with van der Waals surface area (Å²) in [6.45, 7) is 3.31. The lowest BCUT2D eigenvalue weighted by Crippen LogP contribution is -2.10. The number of hydrogen-bond acceptors (Lipinski definition) is 5. The van der Waals surface area contributed by atoms with Gasteiger partial charge >= 0.3 is 0 Å². The van der Waals surface area contributed by atoms with Crippen LogP contribution in [-0.2, 0) is 11.3 Å². The smallest absolute Gasteiger partial charge is 0.191 e. The van der Waals surface area contributed by atoms with Gasteiger partial charge in [-0.1, -0.05) is 18.7 Å². The summed E-state index contributed by atoms with van der Waals surface area (Å²) in [5.41, 5.74) is 5.66. The number of ether oxygens (including phenoxy) is 1. The minimum atomic E-state index is 0.386. The number of nitrogens with two attached hydrogens (primary N) is 1. The van der Waals surface area contributed by atoms with Gasteiger partial charge in [0.25, 0.3) is 0 Å². The molecule has 0 radical (unpaired) electrons. The molecule has 1 aromatic rings. The molecule has 5 nitrogen and oxygen atoms in total. The normalized spacial score (nSPS) is 17.7. The number of aromatic nitrogens is 3. The Kier molecular flexibility index (Phi) is 3.83. The predicted octanol–water partition coefficient (Wildman–Crippen LogP) is 1.20. The molecule has 2 rings (SSSR count). The Morgan fingerprint density at radius 2 is 2.31 bits per heavy atom. The minimum Gasteiger partial charge on any atom is -0.384 e. The van der Waals surface area contributed by atoms with Crippen LogP contribution in [0.4, 0.5) is 0 Å². The van der Waals surface area contributed by atoms with Crippen molar-refractivity contribution >= 4 is 11.8 Å². The van der Waals surface area contributed by atoms with E-state index in [4.69, 9.17) is 10.5 Å². The average Bonchev–Trinajstić information content (AvgIpc) is 3.01. The van der Waals surface area contributed by atoms with Crippen LogP contribution in [0.3, 0.4) is 0 Å². The highest BCUT2D eigenvalue weighted by molar-refractivity contribution is 7.99. The molecule has 1 fully saturated rings. The molecule has 6 heteroatoms. The Balaban J connectivity index is 2.10. The monoisotopic (exact) mass is 242 g/mol. The second-order valence-electron chi connectivity index (χ2n) is 4.09. The molecule has 16 heavy (non-hydrogen) atoms. The third-order valence-corrected chi connectivity index (χ3v) is 3.57. The second-order valence-corrected chi connectivity index (χ2v) is 5.49. The van der Waals surface area contributed by atoms with Gasteiger partial charge in [0.15, 0.2) is 5.16 Å². The van der Waals surface area contributed by atoms with Crippen molar-refractivity contribution in [1.29, 1.82) is 0 Å². The molecule has 0 amide bonds. The van der Waals surface area contributed by atoms with Crippen molar-refractivity contribution in [3.05, 3.63) is 5.82 Å². The highest BCUT2D eigenvalue weighted by Crippen LogP contribution is 2.39. The maximum Gasteiger partial charge on any atom is 0.191 e. The number of rotatable bonds is 6. The lowest BCUT2D eigenvalue weighted by Gasteiger charge is -2.11. The van der Waals surface area contributed by atoms with Crippen LogP contribution >= 0.6 is 11.8 Å². The van der Waals surface area contributed by atoms with Gasteiger partial charge < -0.3 is 15.0 Å². The summed E-state index contributed by atoms with van der Waals surface area (Å²) in [5.74, 6) is 0.898. The summed E-state index contributed by atoms with van der Waals surface area (Å²) in [5, 5.41) is 9.71. The first-order chi connectivity index (χ1) is 7.76. The molecular weight excluding hydrogens is 224 g/mol. The van der Waals surface area contributed by atoms with E-state index in [9.17, 15) is 0 Å². The third-order valence-electron chi connectivity index (χ3n) is 2.54. The number of thioether (sulfide) groups is 1. The molecule has 90 valence electrons. The van der Waals surface area contributed by atoms with E-state index in [1.54, 1.807) is 18.9 Å². The Bertz CT molecular complexity index is 351. The van der Waals surface area contributed by atoms with E-state index in [1.165, 1.54) is 12.8 Å². The van der Waals surface area contributed by atoms with Gasteiger partial charge in [-0.15, -0.1) is 10.2 Å². The molecule has 1 aliphatic rings. The highest BCUT2D eigenvalue weighted by atomic mass is 32.2. The summed E-state index contributed by atoms with van der Waals surface area (Å²) in [4.78, 5) is 0. The molecule has 1 aliphatic carbocycles. The summed E-state index contributed by atoms with van der Waals surface area (Å²) in [7, 11) is 1.72. The van der Waals surface area contributed by atoms with Crippen LogP contribution in [0.5, 0.6) is 0 Å². The molecule has 0 aliphatic heterocycles. The van der Waals surface area contributed by atoms with E-state index in [2.05, 4.69) is 21.7 Å². The van der Waals surface area contributed by atoms with Crippen LogP contribution < -0.4 is 5.73 Å². The Morgan fingerprint density at radius 1 is 1.56 bits per heavy atom. The van der Waals surface area contributed by atoms with Crippen LogP contribution in [0, 0.1) is 0 Å². The van der Waals surface area contributed by atoms with Crippen LogP contribution in [0.2, 0.25) is 0 Å². The molecule has 2 N–H and O–H groups in total. The van der Waals surface area contributed by atoms with E-state index in [1.807, 2.05) is 0 Å². The van der Waals surface area contributed by atoms with Crippen LogP contribution in [0.15, 0.2) is 5.16 Å². The van der Waals surface area contributed by atoms with Crippen molar-refractivity contribution in [3.63, 3.8) is 0 Å². The van der Waals surface area contributed by atoms with Gasteiger partial charge in [-0.05, 0) is 12.8 Å². The third kappa shape index (κ3) is 2.56. The number of nitrogens with zero attached hydrogens (tertiary/aromatic N) is 3. The van der Waals surface area contributed by atoms with Crippen molar-refractivity contribution in [1.82, 2.24) is 14.8 Å². The fourth-order valence-electron chi connectivity index (χ4n) is 1.68. The van der Waals surface area contributed by atoms with Gasteiger partial charge in [0.2, 0.25) is 0 Å². The molecule has 0 spiro atoms. The van der Waals surface area contributed by atoms with Crippen molar-refractivity contribution in [3.8, 4) is 0 Å². The lowest BCUT2D eigenvalue weighted by molar-refractivity contribution is 0.203. The first kappa shape index (κ1) is 11.9. The molecule has 0 saturated heterocycles. The highest BCUT2D eigenvalue weighted by Gasteiger charge is 2.29. The molecule has 1 unspecified atom stereocenters. The first-order valence-corrected chi connectivity index (χ1v) is 6.43. The van der Waals surface area contributed by atoms with Gasteiger partial charge in [-0.2, -0.15) is 0 Å². The van der Waals surface area contributed by atoms with Crippen molar-refractivity contribution in [2.24, 2.45) is 5.73 Å². The van der Waals surface area contributed by atoms with E-state index in [0.717, 1.165) is 17.6 Å². The van der Waals surface area contributed by atoms with Gasteiger partial charge in [0, 0.05) is 18.4 Å². The zero-order chi connectivity index (χ0) is 11.5. The SMILES string of the molecule is COCC(C)Sc1nnc(CN)n1C1CC1. The molecule has 0 bridgehead atoms. The number of methoxy groups -OCH3 is 1. The first-order valence-electron chi connectivity index (χ1n) is 5.55. The standard InChI is InChI=1S/C10H18N4OS/c1-7(6-15-2)16-10-13-12-9(5-11)14(10)8-3-4-8/h7-8H,3-6,11H2,1-2H3. The number of hydrogen-bond donors (Lipinski definition) is 1. The topological polar surface area (TPSA) is 66.0 Å². The fourth-order valence-corrected chi connectivity index (χ4v) is 2.70. The molecule has 0 aromatic carbocycles. The zero-order valence-electron chi connectivity index (χ0n) is 9.72. The fraction of sp³-hybridized carbons (Fsp3) is 0.800. The molecular formula is C10H18N4OS. The van der Waals surface area contributed by atoms with E-state index in [-0.39, 0.29) is 0 Å². The van der Waals surface area contributed by atoms with Crippen molar-refractivity contribution in [2.45, 2.75) is 42.8 Å². The van der Waals surface area contributed by atoms with E-state index in [0.29, 0.717) is 17.8 Å². The van der Waals surface area contributed by atoms with Crippen molar-refractivity contribution < 1.29 is 4.74 Å². The maximum atomic E-state index is 5.66. The lowest BCUT2D eigenvalue weighted by atomic mass is 10.5. The van der Waals surface area contributed by atoms with Crippen LogP contribution in [0.1, 0.15) is 31.6 Å². The largest absolute Gasteiger partial charge is 0.384 e. The van der Waals surface area contributed by atoms with Crippen molar-refractivity contribution in [2.75, 3.05) is 13.7 Å². The van der Waals surface area contributed by atoms with Crippen LogP contribution in [-0.4, -0.2) is 33.7 Å². The van der Waals surface area contributed by atoms with E-state index >= 15 is 0 Å². The van der Waals surface area contributed by atoms with E-state index < -0.39 is 0 Å². The predicted molar refractivity (Wildman–Crippen MR) is 63.4 cm³/mol. The second kappa shape index (κ2) is 5.16. The van der Waals surface area contributed by atoms with Gasteiger partial charge in [0.05, 0.1) is 13.2 Å². The quantitative estimate of drug-likeness (QED) is 0.759. The summed E-state index contributed by atoms with van der Waals surface area (Å²) in [6.07, 6.45) is 2.44. The molecule has 1 aromatic heterocycles. The Morgan fingerprint density at radius 3 is 2.88 bits per heavy atom.